The highest BCUT2D eigenvalue weighted by Gasteiger charge is 2.53. The maximum Gasteiger partial charge on any atom is 0.000820 e. The van der Waals surface area contributed by atoms with E-state index in [1.807, 2.05) is 0 Å². The normalized spacial score (nSPS) is 33.4. The lowest BCUT2D eigenvalue weighted by Gasteiger charge is -2.31. The van der Waals surface area contributed by atoms with Gasteiger partial charge in [0.15, 0.2) is 0 Å². The molecule has 2 aliphatic rings. The van der Waals surface area contributed by atoms with E-state index < -0.39 is 0 Å². The van der Waals surface area contributed by atoms with E-state index in [0.29, 0.717) is 5.41 Å². The van der Waals surface area contributed by atoms with Crippen LogP contribution in [-0.4, -0.2) is 13.6 Å². The van der Waals surface area contributed by atoms with Crippen LogP contribution in [0.15, 0.2) is 24.3 Å². The summed E-state index contributed by atoms with van der Waals surface area (Å²) in [6.07, 6.45) is 6.83. The zero-order valence-corrected chi connectivity index (χ0v) is 11.7. The first-order valence-corrected chi connectivity index (χ1v) is 7.47. The van der Waals surface area contributed by atoms with Crippen LogP contribution >= 0.6 is 0 Å². The van der Waals surface area contributed by atoms with Gasteiger partial charge in [-0.1, -0.05) is 31.2 Å². The highest BCUT2D eigenvalue weighted by molar-refractivity contribution is 5.24. The van der Waals surface area contributed by atoms with E-state index in [1.54, 1.807) is 0 Å². The molecule has 2 unspecified atom stereocenters. The highest BCUT2D eigenvalue weighted by Crippen LogP contribution is 2.60. The van der Waals surface area contributed by atoms with Gasteiger partial charge >= 0.3 is 0 Å². The van der Waals surface area contributed by atoms with Crippen LogP contribution in [0.5, 0.6) is 0 Å². The molecule has 2 fully saturated rings. The van der Waals surface area contributed by atoms with Gasteiger partial charge in [0.1, 0.15) is 0 Å². The van der Waals surface area contributed by atoms with Gasteiger partial charge in [-0.2, -0.15) is 0 Å². The minimum atomic E-state index is 0.552. The second kappa shape index (κ2) is 4.70. The van der Waals surface area contributed by atoms with Crippen molar-refractivity contribution in [2.45, 2.75) is 39.0 Å². The van der Waals surface area contributed by atoms with Crippen molar-refractivity contribution >= 4 is 0 Å². The van der Waals surface area contributed by atoms with Crippen LogP contribution in [0.4, 0.5) is 0 Å². The Labute approximate surface area is 111 Å². The second-order valence-corrected chi connectivity index (χ2v) is 6.54. The van der Waals surface area contributed by atoms with Crippen molar-refractivity contribution in [1.29, 1.82) is 0 Å². The quantitative estimate of drug-likeness (QED) is 0.835. The maximum atomic E-state index is 3.43. The van der Waals surface area contributed by atoms with Crippen molar-refractivity contribution in [2.75, 3.05) is 13.6 Å². The van der Waals surface area contributed by atoms with E-state index in [-0.39, 0.29) is 0 Å². The monoisotopic (exact) mass is 243 g/mol. The average Bonchev–Trinajstić information content (AvgIpc) is 2.99. The lowest BCUT2D eigenvalue weighted by Crippen LogP contribution is -2.33. The number of fused-ring (bicyclic) bond motifs is 1. The summed E-state index contributed by atoms with van der Waals surface area (Å²) in [5.41, 5.74) is 3.54. The fraction of sp³-hybridized carbons (Fsp3) is 0.647. The Balaban J connectivity index is 1.71. The molecule has 1 aromatic carbocycles. The van der Waals surface area contributed by atoms with Crippen LogP contribution in [0.1, 0.15) is 37.3 Å². The van der Waals surface area contributed by atoms with Crippen molar-refractivity contribution in [3.63, 3.8) is 0 Å². The Morgan fingerprint density at radius 2 is 1.72 bits per heavy atom. The Hall–Kier alpha value is -0.820. The molecule has 1 heteroatoms. The van der Waals surface area contributed by atoms with Gasteiger partial charge in [-0.15, -0.1) is 0 Å². The van der Waals surface area contributed by atoms with Crippen LogP contribution < -0.4 is 5.32 Å². The summed E-state index contributed by atoms with van der Waals surface area (Å²) in [4.78, 5) is 0. The van der Waals surface area contributed by atoms with Crippen LogP contribution in [0.2, 0.25) is 0 Å². The molecule has 2 aliphatic carbocycles. The predicted octanol–water partition coefficient (Wildman–Crippen LogP) is 3.43. The summed E-state index contributed by atoms with van der Waals surface area (Å²) in [5.74, 6) is 2.13. The lowest BCUT2D eigenvalue weighted by atomic mass is 9.77. The molecule has 0 radical (unpaired) electrons. The predicted molar refractivity (Wildman–Crippen MR) is 76.7 cm³/mol. The minimum absolute atomic E-state index is 0.552. The molecule has 98 valence electrons. The van der Waals surface area contributed by atoms with Crippen LogP contribution in [0, 0.1) is 17.3 Å². The molecule has 1 N–H and O–H groups in total. The first kappa shape index (κ1) is 12.2. The van der Waals surface area contributed by atoms with E-state index in [1.165, 1.54) is 43.4 Å². The number of benzene rings is 1. The van der Waals surface area contributed by atoms with E-state index in [0.717, 1.165) is 18.3 Å². The molecule has 3 rings (SSSR count). The Morgan fingerprint density at radius 3 is 2.28 bits per heavy atom. The molecular weight excluding hydrogens is 218 g/mol. The van der Waals surface area contributed by atoms with Crippen molar-refractivity contribution in [2.24, 2.45) is 17.3 Å². The summed E-state index contributed by atoms with van der Waals surface area (Å²) in [6.45, 7) is 3.41. The minimum Gasteiger partial charge on any atom is -0.319 e. The number of rotatable bonds is 5. The van der Waals surface area contributed by atoms with E-state index in [4.69, 9.17) is 0 Å². The fourth-order valence-electron chi connectivity index (χ4n) is 4.06. The van der Waals surface area contributed by atoms with Gasteiger partial charge in [-0.3, -0.25) is 0 Å². The summed E-state index contributed by atoms with van der Waals surface area (Å²) in [6, 6.07) is 9.30. The molecule has 2 atom stereocenters. The van der Waals surface area contributed by atoms with Crippen LogP contribution in [-0.2, 0) is 12.8 Å². The molecule has 0 aliphatic heterocycles. The van der Waals surface area contributed by atoms with Crippen molar-refractivity contribution in [1.82, 2.24) is 5.32 Å². The van der Waals surface area contributed by atoms with E-state index in [2.05, 4.69) is 43.6 Å². The molecule has 0 saturated heterocycles. The third kappa shape index (κ3) is 2.33. The van der Waals surface area contributed by atoms with Gasteiger partial charge in [0, 0.05) is 6.54 Å². The standard InChI is InChI=1S/C17H25N/c1-3-13-4-6-14(7-5-13)9-17(12-18-2)10-15-8-16(15)11-17/h4-7,15-16,18H,3,8-12H2,1-2H3. The summed E-state index contributed by atoms with van der Waals surface area (Å²) < 4.78 is 0. The first-order chi connectivity index (χ1) is 8.74. The van der Waals surface area contributed by atoms with Crippen molar-refractivity contribution in [3.05, 3.63) is 35.4 Å². The first-order valence-electron chi connectivity index (χ1n) is 7.47. The Bertz CT molecular complexity index is 396. The summed E-state index contributed by atoms with van der Waals surface area (Å²) in [5, 5.41) is 3.43. The number of hydrogen-bond donors (Lipinski definition) is 1. The van der Waals surface area contributed by atoms with Crippen LogP contribution in [0.25, 0.3) is 0 Å². The third-order valence-electron chi connectivity index (χ3n) is 5.02. The van der Waals surface area contributed by atoms with Gasteiger partial charge in [0.25, 0.3) is 0 Å². The molecule has 0 amide bonds. The summed E-state index contributed by atoms with van der Waals surface area (Å²) >= 11 is 0. The number of aryl methyl sites for hydroxylation is 1. The molecular formula is C17H25N. The Morgan fingerprint density at radius 1 is 1.11 bits per heavy atom. The second-order valence-electron chi connectivity index (χ2n) is 6.54. The van der Waals surface area contributed by atoms with Gasteiger partial charge in [-0.25, -0.2) is 0 Å². The van der Waals surface area contributed by atoms with Gasteiger partial charge in [0.2, 0.25) is 0 Å². The fourth-order valence-corrected chi connectivity index (χ4v) is 4.06. The number of hydrogen-bond acceptors (Lipinski definition) is 1. The smallest absolute Gasteiger partial charge is 0.000820 e. The van der Waals surface area contributed by atoms with Gasteiger partial charge < -0.3 is 5.32 Å². The summed E-state index contributed by atoms with van der Waals surface area (Å²) in [7, 11) is 2.10. The topological polar surface area (TPSA) is 12.0 Å². The molecule has 0 bridgehead atoms. The largest absolute Gasteiger partial charge is 0.319 e. The molecule has 1 nitrogen and oxygen atoms in total. The van der Waals surface area contributed by atoms with E-state index >= 15 is 0 Å². The molecule has 0 aromatic heterocycles. The molecule has 2 saturated carbocycles. The zero-order chi connectivity index (χ0) is 12.6. The van der Waals surface area contributed by atoms with Crippen molar-refractivity contribution < 1.29 is 0 Å². The zero-order valence-electron chi connectivity index (χ0n) is 11.7. The third-order valence-corrected chi connectivity index (χ3v) is 5.02. The maximum absolute atomic E-state index is 3.43. The van der Waals surface area contributed by atoms with E-state index in [9.17, 15) is 0 Å². The molecule has 0 heterocycles. The average molecular weight is 243 g/mol. The SMILES string of the molecule is CCc1ccc(CC2(CNC)CC3CC3C2)cc1. The Kier molecular flexibility index (Phi) is 3.19. The van der Waals surface area contributed by atoms with Gasteiger partial charge in [-0.05, 0) is 67.5 Å². The number of nitrogens with one attached hydrogen (secondary N) is 1. The van der Waals surface area contributed by atoms with Crippen LogP contribution in [0.3, 0.4) is 0 Å². The molecule has 18 heavy (non-hydrogen) atoms. The van der Waals surface area contributed by atoms with Crippen molar-refractivity contribution in [3.8, 4) is 0 Å². The van der Waals surface area contributed by atoms with Gasteiger partial charge in [0.05, 0.1) is 0 Å². The lowest BCUT2D eigenvalue weighted by molar-refractivity contribution is 0.255. The molecule has 1 aromatic rings. The molecule has 0 spiro atoms. The highest BCUT2D eigenvalue weighted by atomic mass is 14.8.